The van der Waals surface area contributed by atoms with Gasteiger partial charge >= 0.3 is 0 Å². The van der Waals surface area contributed by atoms with Crippen LogP contribution in [0.5, 0.6) is 0 Å². The summed E-state index contributed by atoms with van der Waals surface area (Å²) in [6.45, 7) is 13.2. The lowest BCUT2D eigenvalue weighted by Gasteiger charge is -2.44. The zero-order chi connectivity index (χ0) is 43.9. The van der Waals surface area contributed by atoms with Crippen LogP contribution in [-0.2, 0) is 0 Å². The van der Waals surface area contributed by atoms with E-state index in [1.54, 1.807) is 30.3 Å². The highest BCUT2D eigenvalue weighted by Gasteiger charge is 2.35. The van der Waals surface area contributed by atoms with Crippen molar-refractivity contribution < 1.29 is 14.0 Å². The Morgan fingerprint density at radius 1 is 0.794 bits per heavy atom. The summed E-state index contributed by atoms with van der Waals surface area (Å²) >= 11 is 0. The van der Waals surface area contributed by atoms with Crippen LogP contribution in [0, 0.1) is 26.6 Å². The molecule has 2 atom stereocenters. The number of hydrogen-bond acceptors (Lipinski definition) is 9. The van der Waals surface area contributed by atoms with Gasteiger partial charge in [0.25, 0.3) is 5.91 Å². The molecule has 11 nitrogen and oxygen atoms in total. The van der Waals surface area contributed by atoms with Crippen molar-refractivity contribution in [1.29, 1.82) is 0 Å². The van der Waals surface area contributed by atoms with Gasteiger partial charge in [0, 0.05) is 79.6 Å². The Kier molecular flexibility index (Phi) is 13.5. The minimum Gasteiger partial charge on any atom is -0.339 e. The maximum Gasteiger partial charge on any atom is 0.258 e. The van der Waals surface area contributed by atoms with Crippen LogP contribution in [0.2, 0.25) is 0 Å². The highest BCUT2D eigenvalue weighted by atomic mass is 19.1. The first-order chi connectivity index (χ1) is 30.7. The standard InChI is InChI=1S/C27H19FN4O2.C24H35N5/c1-16-19(6-4-8-23(16)32-27(34)20-5-2-3-7-22(20)28)25-21-13-24(31-26(21)30-15-29-25)18-11-9-17(14-33)10-12-18;1-19-7-5-11-25-23(19)21-9-4-10-22(24-20(2)8-6-12-26-24)29(21)18-17-28-15-13-27(3)14-16-28/h2-15H,1H3,(H,32,34)(H,29,30,31);5-8,11-12,21-22H,4,9-10,13-18H2,1-3H3. The monoisotopic (exact) mass is 843 g/mol. The number of aromatic nitrogens is 5. The Balaban J connectivity index is 0.000000175. The molecule has 2 saturated heterocycles. The van der Waals surface area contributed by atoms with Gasteiger partial charge in [-0.1, -0.05) is 60.7 Å². The van der Waals surface area contributed by atoms with Gasteiger partial charge < -0.3 is 15.2 Å². The largest absolute Gasteiger partial charge is 0.339 e. The van der Waals surface area contributed by atoms with Crippen LogP contribution in [0.3, 0.4) is 0 Å². The number of piperazine rings is 1. The molecule has 0 saturated carbocycles. The molecular formula is C51H54FN9O2. The Morgan fingerprint density at radius 2 is 1.48 bits per heavy atom. The molecular weight excluding hydrogens is 790 g/mol. The quantitative estimate of drug-likeness (QED) is 0.130. The molecule has 2 unspecified atom stereocenters. The number of halogens is 1. The fraction of sp³-hybridized carbons (Fsp3) is 0.294. The number of amides is 1. The number of likely N-dealkylation sites (N-methyl/N-ethyl adjacent to an activating group) is 1. The molecule has 4 aromatic heterocycles. The van der Waals surface area contributed by atoms with E-state index in [1.807, 2.05) is 49.6 Å². The number of nitrogens with one attached hydrogen (secondary N) is 2. The molecule has 2 aliphatic heterocycles. The topological polar surface area (TPSA) is 123 Å². The number of piperidine rings is 1. The van der Waals surface area contributed by atoms with Gasteiger partial charge in [-0.25, -0.2) is 14.4 Å². The summed E-state index contributed by atoms with van der Waals surface area (Å²) in [7, 11) is 2.22. The van der Waals surface area contributed by atoms with Gasteiger partial charge in [0.1, 0.15) is 24.1 Å². The van der Waals surface area contributed by atoms with Crippen molar-refractivity contribution >= 4 is 28.9 Å². The van der Waals surface area contributed by atoms with Crippen LogP contribution < -0.4 is 5.32 Å². The molecule has 0 aliphatic carbocycles. The van der Waals surface area contributed by atoms with Gasteiger partial charge in [-0.05, 0) is 106 Å². The van der Waals surface area contributed by atoms with Gasteiger partial charge in [-0.3, -0.25) is 29.4 Å². The SMILES string of the molecule is Cc1c(NC(=O)c2ccccc2F)cccc1-c1ncnc2[nH]c(-c3ccc(C=O)cc3)cc12.Cc1cccnc1C1CCCC(c2ncccc2C)N1CCN1CCN(C)CC1. The first-order valence-corrected chi connectivity index (χ1v) is 21.7. The highest BCUT2D eigenvalue weighted by molar-refractivity contribution is 6.05. The van der Waals surface area contributed by atoms with Gasteiger partial charge in [0.2, 0.25) is 0 Å². The van der Waals surface area contributed by atoms with E-state index in [0.29, 0.717) is 34.7 Å². The molecule has 63 heavy (non-hydrogen) atoms. The Hall–Kier alpha value is -6.47. The van der Waals surface area contributed by atoms with Gasteiger partial charge in [0.15, 0.2) is 0 Å². The van der Waals surface area contributed by atoms with Crippen molar-refractivity contribution in [2.45, 2.75) is 52.1 Å². The lowest BCUT2D eigenvalue weighted by molar-refractivity contribution is 0.0549. The van der Waals surface area contributed by atoms with Crippen molar-refractivity contribution in [2.24, 2.45) is 0 Å². The molecule has 9 rings (SSSR count). The lowest BCUT2D eigenvalue weighted by atomic mass is 9.89. The van der Waals surface area contributed by atoms with Crippen LogP contribution in [0.15, 0.2) is 116 Å². The van der Waals surface area contributed by atoms with Gasteiger partial charge in [-0.15, -0.1) is 0 Å². The number of pyridine rings is 2. The van der Waals surface area contributed by atoms with Crippen molar-refractivity contribution in [3.05, 3.63) is 161 Å². The van der Waals surface area contributed by atoms with Crippen molar-refractivity contribution in [1.82, 2.24) is 39.6 Å². The summed E-state index contributed by atoms with van der Waals surface area (Å²) in [6.07, 6.45) is 9.79. The number of carbonyl (C=O) groups excluding carboxylic acids is 2. The maximum absolute atomic E-state index is 14.0. The summed E-state index contributed by atoms with van der Waals surface area (Å²) in [6, 6.07) is 29.9. The zero-order valence-electron chi connectivity index (χ0n) is 36.4. The summed E-state index contributed by atoms with van der Waals surface area (Å²) in [5.74, 6) is -1.10. The molecule has 7 aromatic rings. The second kappa shape index (κ2) is 19.7. The van der Waals surface area contributed by atoms with E-state index in [2.05, 4.69) is 80.1 Å². The van der Waals surface area contributed by atoms with Gasteiger partial charge in [0.05, 0.1) is 34.7 Å². The molecule has 3 aromatic carbocycles. The van der Waals surface area contributed by atoms with E-state index < -0.39 is 11.7 Å². The maximum atomic E-state index is 14.0. The number of fused-ring (bicyclic) bond motifs is 1. The van der Waals surface area contributed by atoms with Crippen molar-refractivity contribution in [3.8, 4) is 22.5 Å². The number of aromatic amines is 1. The summed E-state index contributed by atoms with van der Waals surface area (Å²) in [4.78, 5) is 53.2. The number of H-pyrrole nitrogens is 1. The number of rotatable bonds is 10. The molecule has 0 bridgehead atoms. The minimum atomic E-state index is -0.577. The third kappa shape index (κ3) is 9.78. The van der Waals surface area contributed by atoms with E-state index in [-0.39, 0.29) is 5.56 Å². The number of carbonyl (C=O) groups is 2. The number of anilines is 1. The summed E-state index contributed by atoms with van der Waals surface area (Å²) in [5.41, 5.74) is 11.0. The average Bonchev–Trinajstić information content (AvgIpc) is 3.75. The molecule has 0 radical (unpaired) electrons. The normalized spacial score (nSPS) is 17.2. The second-order valence-electron chi connectivity index (χ2n) is 16.6. The van der Waals surface area contributed by atoms with Crippen LogP contribution in [0.4, 0.5) is 10.1 Å². The summed E-state index contributed by atoms with van der Waals surface area (Å²) in [5, 5.41) is 3.63. The van der Waals surface area contributed by atoms with Gasteiger partial charge in [-0.2, -0.15) is 0 Å². The lowest BCUT2D eigenvalue weighted by Crippen LogP contribution is -2.48. The molecule has 2 N–H and O–H groups in total. The number of aldehydes is 1. The number of likely N-dealkylation sites (tertiary alicyclic amines) is 1. The van der Waals surface area contributed by atoms with Crippen molar-refractivity contribution in [2.75, 3.05) is 51.6 Å². The zero-order valence-corrected chi connectivity index (χ0v) is 36.4. The minimum absolute atomic E-state index is 0.0207. The number of hydrogen-bond donors (Lipinski definition) is 2. The summed E-state index contributed by atoms with van der Waals surface area (Å²) < 4.78 is 14.0. The highest BCUT2D eigenvalue weighted by Crippen LogP contribution is 2.42. The van der Waals surface area contributed by atoms with E-state index in [4.69, 9.17) is 9.97 Å². The van der Waals surface area contributed by atoms with Crippen LogP contribution in [0.25, 0.3) is 33.5 Å². The molecule has 2 fully saturated rings. The first kappa shape index (κ1) is 43.2. The average molecular weight is 844 g/mol. The molecule has 12 heteroatoms. The fourth-order valence-corrected chi connectivity index (χ4v) is 8.89. The molecule has 6 heterocycles. The molecule has 1 amide bonds. The number of aryl methyl sites for hydroxylation is 2. The predicted octanol–water partition coefficient (Wildman–Crippen LogP) is 9.41. The third-order valence-corrected chi connectivity index (χ3v) is 12.5. The fourth-order valence-electron chi connectivity index (χ4n) is 8.89. The Bertz CT molecular complexity index is 2640. The first-order valence-electron chi connectivity index (χ1n) is 21.7. The molecule has 2 aliphatic rings. The third-order valence-electron chi connectivity index (χ3n) is 12.5. The van der Waals surface area contributed by atoms with E-state index in [9.17, 15) is 14.0 Å². The Morgan fingerprint density at radius 3 is 2.13 bits per heavy atom. The Labute approximate surface area is 368 Å². The number of benzene rings is 3. The van der Waals surface area contributed by atoms with E-state index in [1.165, 1.54) is 86.4 Å². The molecule has 322 valence electrons. The van der Waals surface area contributed by atoms with Crippen LogP contribution in [-0.4, -0.2) is 98.1 Å². The van der Waals surface area contributed by atoms with E-state index in [0.717, 1.165) is 47.1 Å². The predicted molar refractivity (Wildman–Crippen MR) is 247 cm³/mol. The second-order valence-corrected chi connectivity index (χ2v) is 16.6. The van der Waals surface area contributed by atoms with E-state index >= 15 is 0 Å². The van der Waals surface area contributed by atoms with Crippen LogP contribution in [0.1, 0.15) is 80.1 Å². The van der Waals surface area contributed by atoms with Crippen LogP contribution >= 0.6 is 0 Å². The smallest absolute Gasteiger partial charge is 0.258 e. The van der Waals surface area contributed by atoms with Crippen molar-refractivity contribution in [3.63, 3.8) is 0 Å². The number of nitrogens with zero attached hydrogens (tertiary/aromatic N) is 7. The molecule has 0 spiro atoms.